The molecule has 0 unspecified atom stereocenters. The molecule has 3 heteroatoms. The molecule has 0 atom stereocenters. The maximum Gasteiger partial charge on any atom is 0.0542 e. The van der Waals surface area contributed by atoms with E-state index in [1.54, 1.807) is 6.20 Å². The zero-order valence-corrected chi connectivity index (χ0v) is 12.7. The second-order valence-corrected chi connectivity index (χ2v) is 5.55. The van der Waals surface area contributed by atoms with Gasteiger partial charge in [-0.1, -0.05) is 65.7 Å². The topological polar surface area (TPSA) is 12.9 Å². The highest BCUT2D eigenvalue weighted by molar-refractivity contribution is 6.32. The van der Waals surface area contributed by atoms with Gasteiger partial charge in [-0.25, -0.2) is 0 Å². The van der Waals surface area contributed by atoms with Crippen molar-refractivity contribution in [1.82, 2.24) is 4.98 Å². The highest BCUT2D eigenvalue weighted by Crippen LogP contribution is 2.37. The molecule has 0 N–H and O–H groups in total. The van der Waals surface area contributed by atoms with Gasteiger partial charge in [-0.2, -0.15) is 0 Å². The Morgan fingerprint density at radius 2 is 1.19 bits per heavy atom. The Kier molecular flexibility index (Phi) is 4.23. The molecule has 3 rings (SSSR count). The summed E-state index contributed by atoms with van der Waals surface area (Å²) >= 11 is 12.8. The summed E-state index contributed by atoms with van der Waals surface area (Å²) in [5.41, 5.74) is 2.94. The number of nitrogens with zero attached hydrogens (tertiary/aromatic N) is 1. The smallest absolute Gasteiger partial charge is 0.0542 e. The average Bonchev–Trinajstić information content (AvgIpc) is 2.52. The van der Waals surface area contributed by atoms with E-state index in [4.69, 9.17) is 23.2 Å². The van der Waals surface area contributed by atoms with Crippen LogP contribution < -0.4 is 0 Å². The van der Waals surface area contributed by atoms with Crippen LogP contribution in [0, 0.1) is 0 Å². The quantitative estimate of drug-likeness (QED) is 0.616. The van der Waals surface area contributed by atoms with Crippen molar-refractivity contribution in [3.8, 4) is 0 Å². The third kappa shape index (κ3) is 2.94. The van der Waals surface area contributed by atoms with Gasteiger partial charge in [-0.05, 0) is 35.4 Å². The molecule has 104 valence electrons. The van der Waals surface area contributed by atoms with Crippen molar-refractivity contribution in [3.63, 3.8) is 0 Å². The highest BCUT2D eigenvalue weighted by atomic mass is 35.5. The monoisotopic (exact) mass is 313 g/mol. The van der Waals surface area contributed by atoms with Gasteiger partial charge in [0.1, 0.15) is 0 Å². The van der Waals surface area contributed by atoms with Crippen LogP contribution in [-0.2, 0) is 0 Å². The van der Waals surface area contributed by atoms with E-state index in [1.165, 1.54) is 0 Å². The Bertz CT molecular complexity index is 695. The van der Waals surface area contributed by atoms with Crippen LogP contribution in [0.25, 0.3) is 0 Å². The third-order valence-corrected chi connectivity index (χ3v) is 4.10. The van der Waals surface area contributed by atoms with Crippen molar-refractivity contribution >= 4 is 23.2 Å². The first-order valence-electron chi connectivity index (χ1n) is 6.67. The molecule has 0 aliphatic heterocycles. The van der Waals surface area contributed by atoms with E-state index in [1.807, 2.05) is 66.7 Å². The molecule has 0 saturated carbocycles. The molecule has 1 nitrogen and oxygen atoms in total. The standard InChI is InChI=1S/C18H13Cl2N/c19-15-9-3-1-7-13(15)18(17-11-5-6-12-21-17)14-8-2-4-10-16(14)20/h1-12,18H. The van der Waals surface area contributed by atoms with Crippen LogP contribution >= 0.6 is 23.2 Å². The van der Waals surface area contributed by atoms with E-state index in [0.717, 1.165) is 16.8 Å². The summed E-state index contributed by atoms with van der Waals surface area (Å²) in [6.45, 7) is 0. The molecular weight excluding hydrogens is 301 g/mol. The van der Waals surface area contributed by atoms with Gasteiger partial charge < -0.3 is 0 Å². The van der Waals surface area contributed by atoms with Crippen molar-refractivity contribution in [2.75, 3.05) is 0 Å². The molecule has 0 bridgehead atoms. The molecule has 0 saturated heterocycles. The number of hydrogen-bond acceptors (Lipinski definition) is 1. The number of rotatable bonds is 3. The fraction of sp³-hybridized carbons (Fsp3) is 0.0556. The summed E-state index contributed by atoms with van der Waals surface area (Å²) in [5.74, 6) is -0.0754. The first-order valence-corrected chi connectivity index (χ1v) is 7.43. The number of hydrogen-bond donors (Lipinski definition) is 0. The molecule has 0 spiro atoms. The Balaban J connectivity index is 2.22. The van der Waals surface area contributed by atoms with Gasteiger partial charge >= 0.3 is 0 Å². The fourth-order valence-corrected chi connectivity index (χ4v) is 2.94. The van der Waals surface area contributed by atoms with E-state index in [2.05, 4.69) is 4.98 Å². The van der Waals surface area contributed by atoms with E-state index in [-0.39, 0.29) is 5.92 Å². The van der Waals surface area contributed by atoms with Crippen molar-refractivity contribution in [3.05, 3.63) is 99.8 Å². The summed E-state index contributed by atoms with van der Waals surface area (Å²) in [5, 5.41) is 1.43. The normalized spacial score (nSPS) is 10.8. The summed E-state index contributed by atoms with van der Waals surface area (Å²) in [7, 11) is 0. The van der Waals surface area contributed by atoms with Crippen LogP contribution in [0.2, 0.25) is 10.0 Å². The minimum atomic E-state index is -0.0754. The van der Waals surface area contributed by atoms with Crippen molar-refractivity contribution < 1.29 is 0 Å². The summed E-state index contributed by atoms with van der Waals surface area (Å²) in [4.78, 5) is 4.50. The molecule has 0 aliphatic carbocycles. The Morgan fingerprint density at radius 3 is 1.67 bits per heavy atom. The molecule has 0 fully saturated rings. The summed E-state index contributed by atoms with van der Waals surface area (Å²) in [6, 6.07) is 21.5. The van der Waals surface area contributed by atoms with E-state index < -0.39 is 0 Å². The number of aromatic nitrogens is 1. The van der Waals surface area contributed by atoms with Crippen LogP contribution in [0.1, 0.15) is 22.7 Å². The zero-order valence-electron chi connectivity index (χ0n) is 11.2. The third-order valence-electron chi connectivity index (χ3n) is 3.42. The van der Waals surface area contributed by atoms with Gasteiger partial charge in [-0.3, -0.25) is 4.98 Å². The largest absolute Gasteiger partial charge is 0.260 e. The van der Waals surface area contributed by atoms with Crippen LogP contribution in [-0.4, -0.2) is 4.98 Å². The average molecular weight is 314 g/mol. The molecule has 1 aromatic heterocycles. The van der Waals surface area contributed by atoms with Gasteiger partial charge in [-0.15, -0.1) is 0 Å². The van der Waals surface area contributed by atoms with E-state index in [0.29, 0.717) is 10.0 Å². The Hall–Kier alpha value is -1.83. The lowest BCUT2D eigenvalue weighted by Gasteiger charge is -2.20. The van der Waals surface area contributed by atoms with Gasteiger partial charge in [0.25, 0.3) is 0 Å². The second-order valence-electron chi connectivity index (χ2n) is 4.73. The Morgan fingerprint density at radius 1 is 0.667 bits per heavy atom. The maximum atomic E-state index is 6.40. The van der Waals surface area contributed by atoms with Gasteiger partial charge in [0, 0.05) is 16.2 Å². The van der Waals surface area contributed by atoms with Crippen LogP contribution in [0.15, 0.2) is 72.9 Å². The van der Waals surface area contributed by atoms with E-state index >= 15 is 0 Å². The summed E-state index contributed by atoms with van der Waals surface area (Å²) < 4.78 is 0. The van der Waals surface area contributed by atoms with Gasteiger partial charge in [0.2, 0.25) is 0 Å². The molecule has 2 aromatic carbocycles. The SMILES string of the molecule is Clc1ccccc1C(c1ccccn1)c1ccccc1Cl. The molecule has 1 heterocycles. The highest BCUT2D eigenvalue weighted by Gasteiger charge is 2.22. The first-order chi connectivity index (χ1) is 10.3. The number of benzene rings is 2. The maximum absolute atomic E-state index is 6.40. The molecule has 21 heavy (non-hydrogen) atoms. The van der Waals surface area contributed by atoms with Crippen LogP contribution in [0.5, 0.6) is 0 Å². The van der Waals surface area contributed by atoms with Gasteiger partial charge in [0.15, 0.2) is 0 Å². The predicted octanol–water partition coefficient (Wildman–Crippen LogP) is 5.57. The molecule has 0 aliphatic rings. The van der Waals surface area contributed by atoms with Gasteiger partial charge in [0.05, 0.1) is 11.6 Å². The van der Waals surface area contributed by atoms with Crippen LogP contribution in [0.4, 0.5) is 0 Å². The second kappa shape index (κ2) is 6.30. The minimum Gasteiger partial charge on any atom is -0.260 e. The number of pyridine rings is 1. The Labute approximate surface area is 134 Å². The van der Waals surface area contributed by atoms with Crippen molar-refractivity contribution in [2.45, 2.75) is 5.92 Å². The van der Waals surface area contributed by atoms with Crippen LogP contribution in [0.3, 0.4) is 0 Å². The lowest BCUT2D eigenvalue weighted by Crippen LogP contribution is -2.06. The molecular formula is C18H13Cl2N. The molecule has 0 radical (unpaired) electrons. The minimum absolute atomic E-state index is 0.0754. The predicted molar refractivity (Wildman–Crippen MR) is 88.1 cm³/mol. The lowest BCUT2D eigenvalue weighted by atomic mass is 9.88. The molecule has 3 aromatic rings. The van der Waals surface area contributed by atoms with Crippen molar-refractivity contribution in [1.29, 1.82) is 0 Å². The lowest BCUT2D eigenvalue weighted by molar-refractivity contribution is 0.919. The summed E-state index contributed by atoms with van der Waals surface area (Å²) in [6.07, 6.45) is 1.79. The number of halogens is 2. The first kappa shape index (κ1) is 14.1. The van der Waals surface area contributed by atoms with E-state index in [9.17, 15) is 0 Å². The zero-order chi connectivity index (χ0) is 14.7. The molecule has 0 amide bonds. The van der Waals surface area contributed by atoms with Crippen molar-refractivity contribution in [2.24, 2.45) is 0 Å². The fourth-order valence-electron chi connectivity index (χ4n) is 2.45.